The van der Waals surface area contributed by atoms with Crippen molar-refractivity contribution >= 4 is 27.8 Å². The lowest BCUT2D eigenvalue weighted by Crippen LogP contribution is -2.18. The monoisotopic (exact) mass is 373 g/mol. The molecule has 0 aromatic carbocycles. The molecule has 0 spiro atoms. The Morgan fingerprint density at radius 3 is 3.04 bits per heavy atom. The van der Waals surface area contributed by atoms with E-state index < -0.39 is 0 Å². The van der Waals surface area contributed by atoms with Crippen molar-refractivity contribution in [1.29, 1.82) is 0 Å². The van der Waals surface area contributed by atoms with Crippen molar-refractivity contribution in [3.05, 3.63) is 45.2 Å². The van der Waals surface area contributed by atoms with E-state index >= 15 is 0 Å². The zero-order chi connectivity index (χ0) is 17.2. The van der Waals surface area contributed by atoms with Crippen LogP contribution in [0, 0.1) is 13.8 Å². The minimum Gasteiger partial charge on any atom is -0.376 e. The van der Waals surface area contributed by atoms with Crippen molar-refractivity contribution in [2.24, 2.45) is 0 Å². The summed E-state index contributed by atoms with van der Waals surface area (Å²) < 4.78 is 8.04. The summed E-state index contributed by atoms with van der Waals surface area (Å²) in [5, 5.41) is 8.70. The summed E-state index contributed by atoms with van der Waals surface area (Å²) >= 11 is 3.48. The van der Waals surface area contributed by atoms with E-state index in [0.29, 0.717) is 6.10 Å². The summed E-state index contributed by atoms with van der Waals surface area (Å²) in [6.45, 7) is 7.04. The second-order valence-electron chi connectivity index (χ2n) is 6.50. The number of aromatic nitrogens is 2. The van der Waals surface area contributed by atoms with Gasteiger partial charge in [0.05, 0.1) is 18.3 Å². The van der Waals surface area contributed by atoms with E-state index in [1.165, 1.54) is 28.2 Å². The Morgan fingerprint density at radius 2 is 2.28 bits per heavy atom. The first-order chi connectivity index (χ1) is 12.2. The fraction of sp³-hybridized carbons (Fsp3) is 0.421. The number of nitrogens with zero attached hydrogens (tertiary/aromatic N) is 2. The standard InChI is InChI=1S/C19H23N3OS2/c1-13-9-17(14(2)22(13)11-16-6-4-8-24-16)18-12-25-19(21-18)20-10-15-5-3-7-23-15/h4,6,8-9,12,15H,3,5,7,10-11H2,1-2H3,(H,20,21)/t15-/m0/s1. The highest BCUT2D eigenvalue weighted by Gasteiger charge is 2.17. The predicted octanol–water partition coefficient (Wildman–Crippen LogP) is 4.93. The number of rotatable bonds is 6. The molecule has 1 aliphatic rings. The molecule has 4 rings (SSSR count). The van der Waals surface area contributed by atoms with Gasteiger partial charge in [0.1, 0.15) is 0 Å². The molecular weight excluding hydrogens is 350 g/mol. The Kier molecular flexibility index (Phi) is 4.92. The molecule has 1 fully saturated rings. The van der Waals surface area contributed by atoms with Crippen LogP contribution in [0.25, 0.3) is 11.3 Å². The van der Waals surface area contributed by atoms with Crippen LogP contribution in [0.15, 0.2) is 29.0 Å². The number of ether oxygens (including phenoxy) is 1. The van der Waals surface area contributed by atoms with Gasteiger partial charge in [-0.2, -0.15) is 0 Å². The first kappa shape index (κ1) is 16.8. The van der Waals surface area contributed by atoms with Gasteiger partial charge in [-0.3, -0.25) is 0 Å². The summed E-state index contributed by atoms with van der Waals surface area (Å²) in [5.41, 5.74) is 4.85. The molecule has 0 radical (unpaired) electrons. The van der Waals surface area contributed by atoms with Crippen LogP contribution < -0.4 is 5.32 Å². The van der Waals surface area contributed by atoms with Gasteiger partial charge >= 0.3 is 0 Å². The minimum absolute atomic E-state index is 0.336. The molecule has 1 aliphatic heterocycles. The molecule has 3 aromatic heterocycles. The van der Waals surface area contributed by atoms with Gasteiger partial charge in [-0.1, -0.05) is 6.07 Å². The highest BCUT2D eigenvalue weighted by atomic mass is 32.1. The van der Waals surface area contributed by atoms with Crippen LogP contribution in [-0.2, 0) is 11.3 Å². The Hall–Kier alpha value is -1.63. The van der Waals surface area contributed by atoms with Gasteiger partial charge in [0.2, 0.25) is 0 Å². The fourth-order valence-corrected chi connectivity index (χ4v) is 4.76. The minimum atomic E-state index is 0.336. The van der Waals surface area contributed by atoms with Gasteiger partial charge in [-0.05, 0) is 44.2 Å². The summed E-state index contributed by atoms with van der Waals surface area (Å²) in [5.74, 6) is 0. The second-order valence-corrected chi connectivity index (χ2v) is 8.39. The molecule has 0 saturated carbocycles. The van der Waals surface area contributed by atoms with Gasteiger partial charge < -0.3 is 14.6 Å². The number of nitrogens with one attached hydrogen (secondary N) is 1. The molecular formula is C19H23N3OS2. The summed E-state index contributed by atoms with van der Waals surface area (Å²) in [7, 11) is 0. The molecule has 1 N–H and O–H groups in total. The lowest BCUT2D eigenvalue weighted by molar-refractivity contribution is 0.120. The zero-order valence-corrected chi connectivity index (χ0v) is 16.3. The maximum absolute atomic E-state index is 5.67. The molecule has 0 bridgehead atoms. The van der Waals surface area contributed by atoms with Gasteiger partial charge in [0.15, 0.2) is 5.13 Å². The van der Waals surface area contributed by atoms with Gasteiger partial charge in [0, 0.05) is 40.4 Å². The van der Waals surface area contributed by atoms with E-state index in [-0.39, 0.29) is 0 Å². The highest BCUT2D eigenvalue weighted by molar-refractivity contribution is 7.14. The van der Waals surface area contributed by atoms with E-state index in [9.17, 15) is 0 Å². The quantitative estimate of drug-likeness (QED) is 0.666. The van der Waals surface area contributed by atoms with Crippen molar-refractivity contribution in [3.63, 3.8) is 0 Å². The van der Waals surface area contributed by atoms with Crippen molar-refractivity contribution in [3.8, 4) is 11.3 Å². The average Bonchev–Trinajstić information content (AvgIpc) is 3.38. The third-order valence-electron chi connectivity index (χ3n) is 4.75. The highest BCUT2D eigenvalue weighted by Crippen LogP contribution is 2.31. The molecule has 0 aliphatic carbocycles. The van der Waals surface area contributed by atoms with Crippen molar-refractivity contribution in [2.75, 3.05) is 18.5 Å². The first-order valence-corrected chi connectivity index (χ1v) is 10.5. The maximum Gasteiger partial charge on any atom is 0.183 e. The van der Waals surface area contributed by atoms with Crippen molar-refractivity contribution < 1.29 is 4.74 Å². The largest absolute Gasteiger partial charge is 0.376 e. The molecule has 3 aromatic rings. The average molecular weight is 374 g/mol. The summed E-state index contributed by atoms with van der Waals surface area (Å²) in [4.78, 5) is 6.18. The van der Waals surface area contributed by atoms with Crippen LogP contribution >= 0.6 is 22.7 Å². The topological polar surface area (TPSA) is 39.1 Å². The number of thiazole rings is 1. The third kappa shape index (κ3) is 3.66. The van der Waals surface area contributed by atoms with Crippen LogP contribution in [-0.4, -0.2) is 28.8 Å². The molecule has 0 amide bonds. The van der Waals surface area contributed by atoms with E-state index in [4.69, 9.17) is 9.72 Å². The fourth-order valence-electron chi connectivity index (χ4n) is 3.35. The smallest absolute Gasteiger partial charge is 0.183 e. The molecule has 25 heavy (non-hydrogen) atoms. The predicted molar refractivity (Wildman–Crippen MR) is 106 cm³/mol. The molecule has 1 atom stereocenters. The number of thiophene rings is 1. The van der Waals surface area contributed by atoms with Crippen LogP contribution in [0.5, 0.6) is 0 Å². The first-order valence-electron chi connectivity index (χ1n) is 8.71. The van der Waals surface area contributed by atoms with E-state index in [2.05, 4.69) is 52.7 Å². The van der Waals surface area contributed by atoms with Crippen LogP contribution in [0.1, 0.15) is 29.1 Å². The van der Waals surface area contributed by atoms with Crippen LogP contribution in [0.4, 0.5) is 5.13 Å². The molecule has 6 heteroatoms. The Labute approximate surface area is 156 Å². The van der Waals surface area contributed by atoms with Crippen LogP contribution in [0.2, 0.25) is 0 Å². The molecule has 132 valence electrons. The Morgan fingerprint density at radius 1 is 1.36 bits per heavy atom. The van der Waals surface area contributed by atoms with E-state index in [1.54, 1.807) is 22.7 Å². The Bertz CT molecular complexity index is 829. The van der Waals surface area contributed by atoms with Gasteiger partial charge in [-0.25, -0.2) is 4.98 Å². The molecule has 4 nitrogen and oxygen atoms in total. The molecule has 1 saturated heterocycles. The normalized spacial score (nSPS) is 17.3. The van der Waals surface area contributed by atoms with Gasteiger partial charge in [-0.15, -0.1) is 22.7 Å². The van der Waals surface area contributed by atoms with Crippen LogP contribution in [0.3, 0.4) is 0 Å². The lowest BCUT2D eigenvalue weighted by Gasteiger charge is -2.09. The van der Waals surface area contributed by atoms with Crippen molar-refractivity contribution in [2.45, 2.75) is 39.3 Å². The van der Waals surface area contributed by atoms with Gasteiger partial charge in [0.25, 0.3) is 0 Å². The Balaban J connectivity index is 1.50. The number of hydrogen-bond acceptors (Lipinski definition) is 5. The SMILES string of the molecule is Cc1cc(-c2csc(NC[C@@H]3CCCO3)n2)c(C)n1Cc1cccs1. The number of aryl methyl sites for hydroxylation is 1. The summed E-state index contributed by atoms with van der Waals surface area (Å²) in [6, 6.07) is 6.56. The number of anilines is 1. The van der Waals surface area contributed by atoms with Crippen molar-refractivity contribution in [1.82, 2.24) is 9.55 Å². The summed E-state index contributed by atoms with van der Waals surface area (Å²) in [6.07, 6.45) is 2.66. The molecule has 0 unspecified atom stereocenters. The third-order valence-corrected chi connectivity index (χ3v) is 6.41. The van der Waals surface area contributed by atoms with E-state index in [1.807, 2.05) is 0 Å². The van der Waals surface area contributed by atoms with E-state index in [0.717, 1.165) is 36.9 Å². The zero-order valence-electron chi connectivity index (χ0n) is 14.6. The lowest BCUT2D eigenvalue weighted by atomic mass is 10.2. The second kappa shape index (κ2) is 7.32. The molecule has 4 heterocycles. The maximum atomic E-state index is 5.67. The number of hydrogen-bond donors (Lipinski definition) is 1.